The smallest absolute Gasteiger partial charge is 0.231 e. The van der Waals surface area contributed by atoms with E-state index in [9.17, 15) is 0 Å². The fourth-order valence-electron chi connectivity index (χ4n) is 2.15. The van der Waals surface area contributed by atoms with Crippen LogP contribution in [-0.2, 0) is 6.42 Å². The second-order valence-electron chi connectivity index (χ2n) is 5.09. The quantitative estimate of drug-likeness (QED) is 0.779. The standard InChI is InChI=1S/C17H15N5O/c1-12(19-15-9-5-8-14(11-18)20-15)17-21-16(23-22-17)10-13-6-3-2-4-7-13/h2-9,12H,10H2,1H3,(H,19,20). The lowest BCUT2D eigenvalue weighted by Crippen LogP contribution is -2.10. The maximum atomic E-state index is 8.88. The highest BCUT2D eigenvalue weighted by Crippen LogP contribution is 2.16. The molecule has 0 spiro atoms. The van der Waals surface area contributed by atoms with E-state index in [4.69, 9.17) is 9.78 Å². The molecular weight excluding hydrogens is 290 g/mol. The summed E-state index contributed by atoms with van der Waals surface area (Å²) in [7, 11) is 0. The van der Waals surface area contributed by atoms with Crippen molar-refractivity contribution in [1.29, 1.82) is 5.26 Å². The molecule has 2 heterocycles. The van der Waals surface area contributed by atoms with Crippen LogP contribution in [0.3, 0.4) is 0 Å². The van der Waals surface area contributed by atoms with Gasteiger partial charge in [-0.2, -0.15) is 10.2 Å². The van der Waals surface area contributed by atoms with Gasteiger partial charge in [0.25, 0.3) is 0 Å². The molecule has 0 aliphatic heterocycles. The number of aromatic nitrogens is 3. The molecule has 0 saturated heterocycles. The van der Waals surface area contributed by atoms with E-state index in [0.717, 1.165) is 5.56 Å². The molecule has 3 rings (SSSR count). The van der Waals surface area contributed by atoms with Crippen molar-refractivity contribution in [3.63, 3.8) is 0 Å². The average molecular weight is 305 g/mol. The monoisotopic (exact) mass is 305 g/mol. The van der Waals surface area contributed by atoms with Crippen LogP contribution in [0, 0.1) is 11.3 Å². The third-order valence-corrected chi connectivity index (χ3v) is 3.30. The van der Waals surface area contributed by atoms with Gasteiger partial charge in [-0.3, -0.25) is 0 Å². The van der Waals surface area contributed by atoms with Crippen molar-refractivity contribution in [2.24, 2.45) is 0 Å². The normalized spacial score (nSPS) is 11.7. The molecule has 0 aliphatic rings. The van der Waals surface area contributed by atoms with Gasteiger partial charge in [0.2, 0.25) is 5.89 Å². The molecule has 0 amide bonds. The first kappa shape index (κ1) is 14.7. The van der Waals surface area contributed by atoms with Crippen LogP contribution in [0.4, 0.5) is 5.82 Å². The molecule has 0 fully saturated rings. The maximum absolute atomic E-state index is 8.88. The number of nitrogens with zero attached hydrogens (tertiary/aromatic N) is 4. The number of pyridine rings is 1. The lowest BCUT2D eigenvalue weighted by Gasteiger charge is -2.10. The first-order chi connectivity index (χ1) is 11.2. The molecule has 1 atom stereocenters. The number of rotatable bonds is 5. The van der Waals surface area contributed by atoms with Crippen molar-refractivity contribution in [2.45, 2.75) is 19.4 Å². The van der Waals surface area contributed by atoms with Crippen LogP contribution in [0.5, 0.6) is 0 Å². The molecule has 6 nitrogen and oxygen atoms in total. The van der Waals surface area contributed by atoms with Crippen molar-refractivity contribution >= 4 is 5.82 Å². The number of nitriles is 1. The maximum Gasteiger partial charge on any atom is 0.231 e. The summed E-state index contributed by atoms with van der Waals surface area (Å²) in [5.41, 5.74) is 1.48. The number of anilines is 1. The SMILES string of the molecule is CC(Nc1cccc(C#N)n1)c1noc(Cc2ccccc2)n1. The van der Waals surface area contributed by atoms with Crippen LogP contribution in [0.2, 0.25) is 0 Å². The van der Waals surface area contributed by atoms with E-state index >= 15 is 0 Å². The van der Waals surface area contributed by atoms with E-state index in [1.54, 1.807) is 18.2 Å². The molecule has 6 heteroatoms. The minimum atomic E-state index is -0.176. The van der Waals surface area contributed by atoms with Crippen LogP contribution in [-0.4, -0.2) is 15.1 Å². The van der Waals surface area contributed by atoms with Gasteiger partial charge >= 0.3 is 0 Å². The largest absolute Gasteiger partial charge is 0.360 e. The second kappa shape index (κ2) is 6.71. The molecular formula is C17H15N5O. The molecule has 1 aromatic carbocycles. The molecule has 1 unspecified atom stereocenters. The molecule has 1 N–H and O–H groups in total. The van der Waals surface area contributed by atoms with Gasteiger partial charge in [-0.05, 0) is 24.6 Å². The summed E-state index contributed by atoms with van der Waals surface area (Å²) in [6.45, 7) is 1.91. The summed E-state index contributed by atoms with van der Waals surface area (Å²) in [5, 5.41) is 16.0. The Balaban J connectivity index is 1.68. The molecule has 0 radical (unpaired) electrons. The van der Waals surface area contributed by atoms with Gasteiger partial charge < -0.3 is 9.84 Å². The lowest BCUT2D eigenvalue weighted by molar-refractivity contribution is 0.377. The molecule has 2 aromatic heterocycles. The Morgan fingerprint density at radius 3 is 2.74 bits per heavy atom. The minimum absolute atomic E-state index is 0.176. The van der Waals surface area contributed by atoms with Crippen LogP contribution in [0.15, 0.2) is 53.1 Å². The topological polar surface area (TPSA) is 87.6 Å². The van der Waals surface area contributed by atoms with Crippen molar-refractivity contribution in [1.82, 2.24) is 15.1 Å². The van der Waals surface area contributed by atoms with E-state index in [-0.39, 0.29) is 6.04 Å². The Morgan fingerprint density at radius 1 is 1.13 bits per heavy atom. The summed E-state index contributed by atoms with van der Waals surface area (Å²) in [6, 6.07) is 17.0. The van der Waals surface area contributed by atoms with Crippen LogP contribution < -0.4 is 5.32 Å². The molecule has 23 heavy (non-hydrogen) atoms. The third-order valence-electron chi connectivity index (χ3n) is 3.30. The van der Waals surface area contributed by atoms with E-state index in [0.29, 0.717) is 29.6 Å². The Kier molecular flexibility index (Phi) is 4.29. The van der Waals surface area contributed by atoms with Gasteiger partial charge in [0.1, 0.15) is 17.6 Å². The Bertz CT molecular complexity index is 822. The van der Waals surface area contributed by atoms with Gasteiger partial charge in [0.05, 0.1) is 12.5 Å². The van der Waals surface area contributed by atoms with Gasteiger partial charge in [0.15, 0.2) is 5.82 Å². The first-order valence-corrected chi connectivity index (χ1v) is 7.24. The van der Waals surface area contributed by atoms with Gasteiger partial charge in [-0.25, -0.2) is 4.98 Å². The molecule has 0 saturated carbocycles. The minimum Gasteiger partial charge on any atom is -0.360 e. The number of hydrogen-bond donors (Lipinski definition) is 1. The number of nitrogens with one attached hydrogen (secondary N) is 1. The predicted molar refractivity (Wildman–Crippen MR) is 84.5 cm³/mol. The van der Waals surface area contributed by atoms with Gasteiger partial charge in [0, 0.05) is 0 Å². The summed E-state index contributed by atoms with van der Waals surface area (Å²) in [5.74, 6) is 1.73. The third kappa shape index (κ3) is 3.71. The summed E-state index contributed by atoms with van der Waals surface area (Å²) >= 11 is 0. The van der Waals surface area contributed by atoms with Crippen molar-refractivity contribution in [2.75, 3.05) is 5.32 Å². The lowest BCUT2D eigenvalue weighted by atomic mass is 10.1. The van der Waals surface area contributed by atoms with Crippen LogP contribution in [0.25, 0.3) is 0 Å². The van der Waals surface area contributed by atoms with Crippen LogP contribution >= 0.6 is 0 Å². The first-order valence-electron chi connectivity index (χ1n) is 7.24. The highest BCUT2D eigenvalue weighted by molar-refractivity contribution is 5.39. The fraction of sp³-hybridized carbons (Fsp3) is 0.176. The van der Waals surface area contributed by atoms with Gasteiger partial charge in [-0.1, -0.05) is 41.6 Å². The predicted octanol–water partition coefficient (Wildman–Crippen LogP) is 3.10. The second-order valence-corrected chi connectivity index (χ2v) is 5.09. The Hall–Kier alpha value is -3.20. The van der Waals surface area contributed by atoms with Crippen molar-refractivity contribution in [3.05, 3.63) is 71.5 Å². The molecule has 0 bridgehead atoms. The highest BCUT2D eigenvalue weighted by atomic mass is 16.5. The summed E-state index contributed by atoms with van der Waals surface area (Å²) in [4.78, 5) is 8.58. The van der Waals surface area contributed by atoms with Gasteiger partial charge in [-0.15, -0.1) is 0 Å². The fourth-order valence-corrected chi connectivity index (χ4v) is 2.15. The van der Waals surface area contributed by atoms with E-state index in [2.05, 4.69) is 20.4 Å². The zero-order valence-corrected chi connectivity index (χ0v) is 12.6. The van der Waals surface area contributed by atoms with Crippen molar-refractivity contribution in [3.8, 4) is 6.07 Å². The molecule has 0 aliphatic carbocycles. The van der Waals surface area contributed by atoms with E-state index in [1.165, 1.54) is 0 Å². The molecule has 3 aromatic rings. The van der Waals surface area contributed by atoms with Crippen molar-refractivity contribution < 1.29 is 4.52 Å². The summed E-state index contributed by atoms with van der Waals surface area (Å²) < 4.78 is 5.30. The zero-order chi connectivity index (χ0) is 16.1. The summed E-state index contributed by atoms with van der Waals surface area (Å²) in [6.07, 6.45) is 0.600. The number of hydrogen-bond acceptors (Lipinski definition) is 6. The average Bonchev–Trinajstić information content (AvgIpc) is 3.04. The van der Waals surface area contributed by atoms with E-state index in [1.807, 2.05) is 43.3 Å². The highest BCUT2D eigenvalue weighted by Gasteiger charge is 2.14. The van der Waals surface area contributed by atoms with E-state index < -0.39 is 0 Å². The zero-order valence-electron chi connectivity index (χ0n) is 12.6. The number of benzene rings is 1. The molecule has 114 valence electrons. The Morgan fingerprint density at radius 2 is 1.96 bits per heavy atom. The Labute approximate surface area is 133 Å². The van der Waals surface area contributed by atoms with Crippen LogP contribution in [0.1, 0.15) is 35.9 Å².